The molecule has 0 aliphatic rings. The molecule has 1 heterocycles. The van der Waals surface area contributed by atoms with Gasteiger partial charge in [-0.25, -0.2) is 9.78 Å². The van der Waals surface area contributed by atoms with Gasteiger partial charge in [0.15, 0.2) is 5.52 Å². The van der Waals surface area contributed by atoms with Gasteiger partial charge in [0.2, 0.25) is 5.91 Å². The van der Waals surface area contributed by atoms with Crippen LogP contribution in [0.4, 0.5) is 16.2 Å². The van der Waals surface area contributed by atoms with Crippen molar-refractivity contribution in [3.8, 4) is 11.4 Å². The molecule has 2 aromatic carbocycles. The lowest BCUT2D eigenvalue weighted by Crippen LogP contribution is -2.41. The first kappa shape index (κ1) is 23.7. The molecule has 0 saturated heterocycles. The van der Waals surface area contributed by atoms with Crippen LogP contribution in [0, 0.1) is 10.1 Å². The molecule has 0 atom stereocenters. The highest BCUT2D eigenvalue weighted by Gasteiger charge is 2.23. The minimum absolute atomic E-state index is 0.0690. The zero-order valence-electron chi connectivity index (χ0n) is 19.0. The summed E-state index contributed by atoms with van der Waals surface area (Å²) < 4.78 is 5.37. The highest BCUT2D eigenvalue weighted by molar-refractivity contribution is 5.94. The molecule has 10 nitrogen and oxygen atoms in total. The summed E-state index contributed by atoms with van der Waals surface area (Å²) in [5.41, 5.74) is 1.39. The van der Waals surface area contributed by atoms with Gasteiger partial charge in [0, 0.05) is 23.9 Å². The number of nitrogens with one attached hydrogen (secondary N) is 2. The second kappa shape index (κ2) is 9.68. The van der Waals surface area contributed by atoms with Crippen LogP contribution in [0.15, 0.2) is 42.5 Å². The van der Waals surface area contributed by atoms with Crippen molar-refractivity contribution in [3.05, 3.63) is 52.6 Å². The number of fused-ring (bicyclic) bond motifs is 1. The Bertz CT molecular complexity index is 1160. The maximum absolute atomic E-state index is 12.5. The van der Waals surface area contributed by atoms with Crippen LogP contribution in [0.2, 0.25) is 0 Å². The fourth-order valence-corrected chi connectivity index (χ4v) is 3.22. The number of H-pyrrole nitrogens is 1. The second-order valence-electron chi connectivity index (χ2n) is 8.54. The number of imidazole rings is 1. The first-order chi connectivity index (χ1) is 15.6. The normalized spacial score (nSPS) is 11.3. The van der Waals surface area contributed by atoms with Crippen molar-refractivity contribution in [2.24, 2.45) is 0 Å². The molecule has 2 N–H and O–H groups in total. The molecule has 0 bridgehead atoms. The molecule has 0 fully saturated rings. The molecule has 3 rings (SSSR count). The van der Waals surface area contributed by atoms with Crippen molar-refractivity contribution in [2.45, 2.75) is 39.7 Å². The SMILES string of the molecule is CCCN(CC(=O)Nc1ccc(-c2nc3c([N+](=O)[O-])cccc3[nH]2)cc1)C(=O)OC(C)(C)C. The Morgan fingerprint density at radius 2 is 1.88 bits per heavy atom. The number of nitro groups is 1. The number of nitrogens with zero attached hydrogens (tertiary/aromatic N) is 3. The van der Waals surface area contributed by atoms with Crippen LogP contribution in [0.1, 0.15) is 34.1 Å². The third kappa shape index (κ3) is 6.06. The number of amides is 2. The van der Waals surface area contributed by atoms with Crippen LogP contribution < -0.4 is 5.32 Å². The van der Waals surface area contributed by atoms with E-state index in [2.05, 4.69) is 15.3 Å². The number of rotatable bonds is 7. The number of aromatic nitrogens is 2. The molecular weight excluding hydrogens is 426 g/mol. The number of nitro benzene ring substituents is 1. The van der Waals surface area contributed by atoms with Gasteiger partial charge in [0.05, 0.1) is 10.4 Å². The van der Waals surface area contributed by atoms with E-state index in [0.29, 0.717) is 35.6 Å². The fraction of sp³-hybridized carbons (Fsp3) is 0.348. The van der Waals surface area contributed by atoms with E-state index < -0.39 is 16.6 Å². The largest absolute Gasteiger partial charge is 0.444 e. The summed E-state index contributed by atoms with van der Waals surface area (Å²) in [4.78, 5) is 44.4. The number of carbonyl (C=O) groups is 2. The van der Waals surface area contributed by atoms with Gasteiger partial charge in [-0.3, -0.25) is 19.8 Å². The highest BCUT2D eigenvalue weighted by Crippen LogP contribution is 2.27. The van der Waals surface area contributed by atoms with Crippen LogP contribution in [0.5, 0.6) is 0 Å². The van der Waals surface area contributed by atoms with E-state index in [-0.39, 0.29) is 23.7 Å². The Hall–Kier alpha value is -3.95. The van der Waals surface area contributed by atoms with Crippen LogP contribution in [-0.4, -0.2) is 50.5 Å². The Morgan fingerprint density at radius 3 is 2.48 bits per heavy atom. The Morgan fingerprint density at radius 1 is 1.18 bits per heavy atom. The monoisotopic (exact) mass is 453 g/mol. The summed E-state index contributed by atoms with van der Waals surface area (Å²) in [6, 6.07) is 11.6. The average Bonchev–Trinajstić information content (AvgIpc) is 3.17. The molecule has 1 aromatic heterocycles. The van der Waals surface area contributed by atoms with Crippen molar-refractivity contribution < 1.29 is 19.2 Å². The number of non-ortho nitro benzene ring substituents is 1. The van der Waals surface area contributed by atoms with Gasteiger partial charge in [-0.15, -0.1) is 0 Å². The minimum atomic E-state index is -0.646. The van der Waals surface area contributed by atoms with E-state index in [1.807, 2.05) is 6.92 Å². The molecular formula is C23H27N5O5. The Labute approximate surface area is 191 Å². The molecule has 2 amide bonds. The van der Waals surface area contributed by atoms with Crippen LogP contribution in [-0.2, 0) is 9.53 Å². The van der Waals surface area contributed by atoms with Crippen LogP contribution >= 0.6 is 0 Å². The van der Waals surface area contributed by atoms with Crippen LogP contribution in [0.3, 0.4) is 0 Å². The first-order valence-electron chi connectivity index (χ1n) is 10.6. The lowest BCUT2D eigenvalue weighted by atomic mass is 10.2. The van der Waals surface area contributed by atoms with Crippen molar-refractivity contribution in [3.63, 3.8) is 0 Å². The van der Waals surface area contributed by atoms with Gasteiger partial charge < -0.3 is 15.0 Å². The third-order valence-electron chi connectivity index (χ3n) is 4.61. The topological polar surface area (TPSA) is 130 Å². The number of carbonyl (C=O) groups excluding carboxylic acids is 2. The molecule has 0 unspecified atom stereocenters. The molecule has 0 aliphatic heterocycles. The molecule has 174 valence electrons. The van der Waals surface area contributed by atoms with Crippen LogP contribution in [0.25, 0.3) is 22.4 Å². The van der Waals surface area contributed by atoms with Gasteiger partial charge in [-0.05, 0) is 57.5 Å². The Balaban J connectivity index is 1.69. The zero-order chi connectivity index (χ0) is 24.2. The zero-order valence-corrected chi connectivity index (χ0v) is 19.0. The van der Waals surface area contributed by atoms with Crippen molar-refractivity contribution in [1.82, 2.24) is 14.9 Å². The van der Waals surface area contributed by atoms with E-state index in [1.165, 1.54) is 11.0 Å². The predicted molar refractivity (Wildman–Crippen MR) is 125 cm³/mol. The van der Waals surface area contributed by atoms with Crippen molar-refractivity contribution in [2.75, 3.05) is 18.4 Å². The summed E-state index contributed by atoms with van der Waals surface area (Å²) in [6.07, 6.45) is 0.158. The van der Waals surface area contributed by atoms with E-state index in [9.17, 15) is 19.7 Å². The average molecular weight is 453 g/mol. The van der Waals surface area contributed by atoms with Gasteiger partial charge in [-0.2, -0.15) is 0 Å². The standard InChI is InChI=1S/C23H27N5O5/c1-5-13-27(22(30)33-23(2,3)4)14-19(29)24-16-11-9-15(10-12-16)21-25-17-7-6-8-18(28(31)32)20(17)26-21/h6-12H,5,13-14H2,1-4H3,(H,24,29)(H,25,26). The van der Waals surface area contributed by atoms with Crippen molar-refractivity contribution >= 4 is 34.4 Å². The first-order valence-corrected chi connectivity index (χ1v) is 10.6. The van der Waals surface area contributed by atoms with E-state index >= 15 is 0 Å². The summed E-state index contributed by atoms with van der Waals surface area (Å²) in [6.45, 7) is 7.52. The van der Waals surface area contributed by atoms with E-state index in [4.69, 9.17) is 4.74 Å². The maximum atomic E-state index is 12.5. The molecule has 3 aromatic rings. The van der Waals surface area contributed by atoms with Gasteiger partial charge >= 0.3 is 6.09 Å². The lowest BCUT2D eigenvalue weighted by molar-refractivity contribution is -0.383. The van der Waals surface area contributed by atoms with Gasteiger partial charge in [0.1, 0.15) is 18.0 Å². The molecule has 0 radical (unpaired) electrons. The molecule has 0 spiro atoms. The number of hydrogen-bond acceptors (Lipinski definition) is 6. The highest BCUT2D eigenvalue weighted by atomic mass is 16.6. The van der Waals surface area contributed by atoms with E-state index in [1.54, 1.807) is 57.2 Å². The molecule has 0 aliphatic carbocycles. The summed E-state index contributed by atoms with van der Waals surface area (Å²) in [5.74, 6) is 0.137. The quantitative estimate of drug-likeness (QED) is 0.393. The summed E-state index contributed by atoms with van der Waals surface area (Å²) >= 11 is 0. The Kier molecular flexibility index (Phi) is 6.95. The maximum Gasteiger partial charge on any atom is 0.410 e. The van der Waals surface area contributed by atoms with Gasteiger partial charge in [0.25, 0.3) is 5.69 Å². The summed E-state index contributed by atoms with van der Waals surface area (Å²) in [5, 5.41) is 14.0. The fourth-order valence-electron chi connectivity index (χ4n) is 3.22. The molecule has 10 heteroatoms. The predicted octanol–water partition coefficient (Wildman–Crippen LogP) is 4.72. The number of para-hydroxylation sites is 1. The van der Waals surface area contributed by atoms with Gasteiger partial charge in [-0.1, -0.05) is 13.0 Å². The number of hydrogen-bond donors (Lipinski definition) is 2. The number of anilines is 1. The lowest BCUT2D eigenvalue weighted by Gasteiger charge is -2.26. The third-order valence-corrected chi connectivity index (χ3v) is 4.61. The van der Waals surface area contributed by atoms with Crippen molar-refractivity contribution in [1.29, 1.82) is 0 Å². The molecule has 0 saturated carbocycles. The number of aromatic amines is 1. The molecule has 33 heavy (non-hydrogen) atoms. The summed E-state index contributed by atoms with van der Waals surface area (Å²) in [7, 11) is 0. The van der Waals surface area contributed by atoms with E-state index in [0.717, 1.165) is 0 Å². The number of benzene rings is 2. The second-order valence-corrected chi connectivity index (χ2v) is 8.54. The smallest absolute Gasteiger partial charge is 0.410 e. The minimum Gasteiger partial charge on any atom is -0.444 e. The number of ether oxygens (including phenoxy) is 1.